The molecular weight excluding hydrogens is 270 g/mol. The largest absolute Gasteiger partial charge is 0.340 e. The highest BCUT2D eigenvalue weighted by atomic mass is 79.9. The van der Waals surface area contributed by atoms with E-state index in [1.807, 2.05) is 14.0 Å². The summed E-state index contributed by atoms with van der Waals surface area (Å²) in [7, 11) is 1.86. The highest BCUT2D eigenvalue weighted by Crippen LogP contribution is 2.30. The summed E-state index contributed by atoms with van der Waals surface area (Å²) >= 11 is 3.38. The third kappa shape index (κ3) is 2.29. The van der Waals surface area contributed by atoms with Crippen LogP contribution in [-0.2, 0) is 6.54 Å². The van der Waals surface area contributed by atoms with E-state index in [1.54, 1.807) is 15.8 Å². The Hall–Kier alpha value is -0.840. The van der Waals surface area contributed by atoms with Gasteiger partial charge >= 0.3 is 0 Å². The van der Waals surface area contributed by atoms with Crippen LogP contribution in [0.5, 0.6) is 0 Å². The van der Waals surface area contributed by atoms with Gasteiger partial charge < -0.3 is 4.90 Å². The number of rotatable bonds is 4. The Morgan fingerprint density at radius 2 is 2.38 bits per heavy atom. The van der Waals surface area contributed by atoms with Crippen LogP contribution in [0.3, 0.4) is 0 Å². The number of aryl methyl sites for hydroxylation is 1. The minimum absolute atomic E-state index is 0.0538. The standard InChI is InChI=1S/C11H16BrN3O/c1-3-15-10(9(12)6-13-15)11(16)14(2)7-8-4-5-8/h6,8H,3-5,7H2,1-2H3. The van der Waals surface area contributed by atoms with Gasteiger partial charge in [0.25, 0.3) is 5.91 Å². The van der Waals surface area contributed by atoms with E-state index in [9.17, 15) is 4.79 Å². The molecule has 1 aromatic rings. The van der Waals surface area contributed by atoms with Crippen molar-refractivity contribution in [3.63, 3.8) is 0 Å². The van der Waals surface area contributed by atoms with Crippen molar-refractivity contribution in [2.45, 2.75) is 26.3 Å². The quantitative estimate of drug-likeness (QED) is 0.850. The normalized spacial score (nSPS) is 15.2. The molecule has 1 aliphatic rings. The molecule has 0 aliphatic heterocycles. The van der Waals surface area contributed by atoms with E-state index in [2.05, 4.69) is 21.0 Å². The summed E-state index contributed by atoms with van der Waals surface area (Å²) in [5.41, 5.74) is 0.658. The van der Waals surface area contributed by atoms with Crippen LogP contribution in [0.15, 0.2) is 10.7 Å². The Labute approximate surface area is 104 Å². The lowest BCUT2D eigenvalue weighted by molar-refractivity contribution is 0.0775. The van der Waals surface area contributed by atoms with E-state index >= 15 is 0 Å². The van der Waals surface area contributed by atoms with Crippen molar-refractivity contribution in [2.75, 3.05) is 13.6 Å². The monoisotopic (exact) mass is 285 g/mol. The zero-order chi connectivity index (χ0) is 11.7. The lowest BCUT2D eigenvalue weighted by atomic mass is 10.3. The highest BCUT2D eigenvalue weighted by molar-refractivity contribution is 9.10. The van der Waals surface area contributed by atoms with Gasteiger partial charge in [-0.25, -0.2) is 0 Å². The first-order valence-electron chi connectivity index (χ1n) is 5.60. The first-order chi connectivity index (χ1) is 7.63. The summed E-state index contributed by atoms with van der Waals surface area (Å²) in [6, 6.07) is 0. The van der Waals surface area contributed by atoms with Crippen molar-refractivity contribution in [1.82, 2.24) is 14.7 Å². The molecule has 0 bridgehead atoms. The van der Waals surface area contributed by atoms with Crippen LogP contribution >= 0.6 is 15.9 Å². The van der Waals surface area contributed by atoms with E-state index in [1.165, 1.54) is 12.8 Å². The van der Waals surface area contributed by atoms with Crippen molar-refractivity contribution in [1.29, 1.82) is 0 Å². The summed E-state index contributed by atoms with van der Waals surface area (Å²) < 4.78 is 2.51. The Kier molecular flexibility index (Phi) is 3.33. The lowest BCUT2D eigenvalue weighted by Gasteiger charge is -2.17. The molecule has 1 saturated carbocycles. The molecule has 0 atom stereocenters. The fourth-order valence-electron chi connectivity index (χ4n) is 1.77. The molecule has 0 spiro atoms. The smallest absolute Gasteiger partial charge is 0.273 e. The summed E-state index contributed by atoms with van der Waals surface area (Å²) in [5, 5.41) is 4.15. The Bertz CT molecular complexity index is 398. The van der Waals surface area contributed by atoms with Gasteiger partial charge in [-0.3, -0.25) is 9.48 Å². The minimum atomic E-state index is 0.0538. The molecule has 5 heteroatoms. The van der Waals surface area contributed by atoms with Gasteiger partial charge in [-0.1, -0.05) is 0 Å². The van der Waals surface area contributed by atoms with Gasteiger partial charge in [0.15, 0.2) is 0 Å². The maximum absolute atomic E-state index is 12.2. The van der Waals surface area contributed by atoms with Crippen LogP contribution in [0.2, 0.25) is 0 Å². The van der Waals surface area contributed by atoms with Gasteiger partial charge in [0, 0.05) is 20.1 Å². The molecule has 0 unspecified atom stereocenters. The molecule has 88 valence electrons. The third-order valence-electron chi connectivity index (χ3n) is 2.87. The van der Waals surface area contributed by atoms with Crippen molar-refractivity contribution in [3.05, 3.63) is 16.4 Å². The van der Waals surface area contributed by atoms with Crippen molar-refractivity contribution in [3.8, 4) is 0 Å². The van der Waals surface area contributed by atoms with Crippen molar-refractivity contribution in [2.24, 2.45) is 5.92 Å². The van der Waals surface area contributed by atoms with E-state index in [4.69, 9.17) is 0 Å². The number of carbonyl (C=O) groups is 1. The molecule has 1 heterocycles. The molecule has 0 aromatic carbocycles. The highest BCUT2D eigenvalue weighted by Gasteiger charge is 2.27. The second-order valence-electron chi connectivity index (χ2n) is 4.29. The number of aromatic nitrogens is 2. The van der Waals surface area contributed by atoms with Gasteiger partial charge in [-0.15, -0.1) is 0 Å². The van der Waals surface area contributed by atoms with Crippen LogP contribution in [0.1, 0.15) is 30.3 Å². The number of halogens is 1. The maximum atomic E-state index is 12.2. The SMILES string of the molecule is CCn1ncc(Br)c1C(=O)N(C)CC1CC1. The number of carbonyl (C=O) groups excluding carboxylic acids is 1. The molecule has 16 heavy (non-hydrogen) atoms. The van der Waals surface area contributed by atoms with Gasteiger partial charge in [0.05, 0.1) is 10.7 Å². The number of amides is 1. The van der Waals surface area contributed by atoms with Gasteiger partial charge in [0.1, 0.15) is 5.69 Å². The van der Waals surface area contributed by atoms with Crippen LogP contribution < -0.4 is 0 Å². The van der Waals surface area contributed by atoms with E-state index in [-0.39, 0.29) is 5.91 Å². The average molecular weight is 286 g/mol. The molecule has 2 rings (SSSR count). The number of hydrogen-bond acceptors (Lipinski definition) is 2. The number of nitrogens with zero attached hydrogens (tertiary/aromatic N) is 3. The summed E-state index contributed by atoms with van der Waals surface area (Å²) in [6.45, 7) is 3.56. The molecule has 1 aromatic heterocycles. The molecular formula is C11H16BrN3O. The molecule has 0 N–H and O–H groups in total. The Morgan fingerprint density at radius 1 is 1.69 bits per heavy atom. The Balaban J connectivity index is 2.14. The fourth-order valence-corrected chi connectivity index (χ4v) is 2.23. The van der Waals surface area contributed by atoms with Crippen molar-refractivity contribution >= 4 is 21.8 Å². The maximum Gasteiger partial charge on any atom is 0.273 e. The molecule has 0 radical (unpaired) electrons. The van der Waals surface area contributed by atoms with Crippen LogP contribution in [-0.4, -0.2) is 34.2 Å². The zero-order valence-electron chi connectivity index (χ0n) is 9.61. The third-order valence-corrected chi connectivity index (χ3v) is 3.45. The van der Waals surface area contributed by atoms with Crippen LogP contribution in [0.25, 0.3) is 0 Å². The van der Waals surface area contributed by atoms with Crippen LogP contribution in [0.4, 0.5) is 0 Å². The molecule has 4 nitrogen and oxygen atoms in total. The van der Waals surface area contributed by atoms with Crippen molar-refractivity contribution < 1.29 is 4.79 Å². The van der Waals surface area contributed by atoms with E-state index < -0.39 is 0 Å². The number of hydrogen-bond donors (Lipinski definition) is 0. The molecule has 1 amide bonds. The van der Waals surface area contributed by atoms with Crippen LogP contribution in [0, 0.1) is 5.92 Å². The molecule has 0 saturated heterocycles. The van der Waals surface area contributed by atoms with Gasteiger partial charge in [0.2, 0.25) is 0 Å². The zero-order valence-corrected chi connectivity index (χ0v) is 11.2. The second kappa shape index (κ2) is 4.57. The predicted molar refractivity (Wildman–Crippen MR) is 65.3 cm³/mol. The molecule has 1 fully saturated rings. The summed E-state index contributed by atoms with van der Waals surface area (Å²) in [4.78, 5) is 14.0. The fraction of sp³-hybridized carbons (Fsp3) is 0.636. The lowest BCUT2D eigenvalue weighted by Crippen LogP contribution is -2.31. The first kappa shape index (κ1) is 11.6. The topological polar surface area (TPSA) is 38.1 Å². The summed E-state index contributed by atoms with van der Waals surface area (Å²) in [5.74, 6) is 0.767. The minimum Gasteiger partial charge on any atom is -0.340 e. The second-order valence-corrected chi connectivity index (χ2v) is 5.14. The Morgan fingerprint density at radius 3 is 2.94 bits per heavy atom. The first-order valence-corrected chi connectivity index (χ1v) is 6.39. The van der Waals surface area contributed by atoms with Gasteiger partial charge in [-0.2, -0.15) is 5.10 Å². The van der Waals surface area contributed by atoms with E-state index in [0.717, 1.165) is 11.0 Å². The summed E-state index contributed by atoms with van der Waals surface area (Å²) in [6.07, 6.45) is 4.19. The average Bonchev–Trinajstić information content (AvgIpc) is 2.99. The predicted octanol–water partition coefficient (Wildman–Crippen LogP) is 2.15. The molecule has 1 aliphatic carbocycles. The van der Waals surface area contributed by atoms with Gasteiger partial charge in [-0.05, 0) is 41.6 Å². The van der Waals surface area contributed by atoms with E-state index in [0.29, 0.717) is 18.2 Å².